The fourth-order valence-electron chi connectivity index (χ4n) is 2.31. The summed E-state index contributed by atoms with van der Waals surface area (Å²) < 4.78 is 62.9. The fraction of sp³-hybridized carbons (Fsp3) is 0.176. The van der Waals surface area contributed by atoms with Crippen LogP contribution in [0.1, 0.15) is 11.1 Å². The van der Waals surface area contributed by atoms with E-state index in [0.717, 1.165) is 11.1 Å². The maximum absolute atomic E-state index is 11.5. The number of anilines is 2. The van der Waals surface area contributed by atoms with Crippen molar-refractivity contribution < 1.29 is 35.5 Å². The van der Waals surface area contributed by atoms with Gasteiger partial charge in [0.25, 0.3) is 0 Å². The zero-order valence-corrected chi connectivity index (χ0v) is 17.5. The lowest BCUT2D eigenvalue weighted by atomic mass is 10.0. The van der Waals surface area contributed by atoms with Crippen LogP contribution in [0.4, 0.5) is 21.0 Å². The van der Waals surface area contributed by atoms with E-state index in [4.69, 9.17) is 0 Å². The van der Waals surface area contributed by atoms with Crippen LogP contribution in [0, 0.1) is 0 Å². The first kappa shape index (κ1) is 24.1. The van der Waals surface area contributed by atoms with Gasteiger partial charge in [0.1, 0.15) is 32.0 Å². The number of amides is 4. The summed E-state index contributed by atoms with van der Waals surface area (Å²) in [7, 11) is -9.11. The SMILES string of the molecule is O=C(NCS(=O)(=O)[O-])Nc1ccc(Cc2ccc(NC(=O)NCS(=O)(=O)[O-])cc2)cc1. The summed E-state index contributed by atoms with van der Waals surface area (Å²) in [5, 5.41) is 8.65. The van der Waals surface area contributed by atoms with Crippen LogP contribution in [-0.2, 0) is 26.7 Å². The van der Waals surface area contributed by atoms with Gasteiger partial charge in [-0.2, -0.15) is 0 Å². The average molecular weight is 470 g/mol. The molecule has 0 spiro atoms. The molecule has 168 valence electrons. The van der Waals surface area contributed by atoms with Crippen molar-refractivity contribution >= 4 is 43.7 Å². The number of carbonyl (C=O) groups excluding carboxylic acids is 2. The number of nitrogens with one attached hydrogen (secondary N) is 4. The molecule has 14 heteroatoms. The third kappa shape index (κ3) is 9.90. The number of hydrogen-bond acceptors (Lipinski definition) is 8. The molecular formula is C17H18N4O8S2-2. The average Bonchev–Trinajstić information content (AvgIpc) is 2.67. The van der Waals surface area contributed by atoms with Gasteiger partial charge in [0.2, 0.25) is 0 Å². The second kappa shape index (κ2) is 10.2. The van der Waals surface area contributed by atoms with Crippen LogP contribution in [0.5, 0.6) is 0 Å². The first-order valence-corrected chi connectivity index (χ1v) is 11.7. The first-order valence-electron chi connectivity index (χ1n) is 8.54. The predicted molar refractivity (Wildman–Crippen MR) is 109 cm³/mol. The lowest BCUT2D eigenvalue weighted by Crippen LogP contribution is -2.33. The minimum Gasteiger partial charge on any atom is -0.747 e. The molecule has 0 aliphatic rings. The third-order valence-electron chi connectivity index (χ3n) is 3.65. The molecule has 2 rings (SSSR count). The van der Waals surface area contributed by atoms with Crippen LogP contribution in [0.3, 0.4) is 0 Å². The summed E-state index contributed by atoms with van der Waals surface area (Å²) in [5.74, 6) is -2.03. The van der Waals surface area contributed by atoms with Crippen LogP contribution in [0.15, 0.2) is 48.5 Å². The van der Waals surface area contributed by atoms with Crippen LogP contribution in [-0.4, -0.2) is 49.8 Å². The molecule has 0 bridgehead atoms. The molecule has 0 radical (unpaired) electrons. The van der Waals surface area contributed by atoms with Crippen molar-refractivity contribution in [1.82, 2.24) is 10.6 Å². The van der Waals surface area contributed by atoms with Crippen LogP contribution in [0.2, 0.25) is 0 Å². The summed E-state index contributed by atoms with van der Waals surface area (Å²) in [6, 6.07) is 11.7. The lowest BCUT2D eigenvalue weighted by Gasteiger charge is -2.11. The Hall–Kier alpha value is -3.20. The Morgan fingerprint density at radius 2 is 0.968 bits per heavy atom. The number of rotatable bonds is 8. The minimum atomic E-state index is -4.56. The summed E-state index contributed by atoms with van der Waals surface area (Å²) in [6.45, 7) is 0. The molecule has 4 amide bonds. The van der Waals surface area contributed by atoms with E-state index in [1.54, 1.807) is 48.5 Å². The maximum atomic E-state index is 11.5. The normalized spacial score (nSPS) is 11.4. The van der Waals surface area contributed by atoms with E-state index in [0.29, 0.717) is 17.8 Å². The van der Waals surface area contributed by atoms with E-state index >= 15 is 0 Å². The van der Waals surface area contributed by atoms with Crippen LogP contribution < -0.4 is 21.3 Å². The summed E-state index contributed by atoms with van der Waals surface area (Å²) in [4.78, 5) is 23.1. The Morgan fingerprint density at radius 1 is 0.645 bits per heavy atom. The van der Waals surface area contributed by atoms with Gasteiger partial charge >= 0.3 is 12.1 Å². The van der Waals surface area contributed by atoms with Gasteiger partial charge in [0, 0.05) is 11.4 Å². The molecular weight excluding hydrogens is 452 g/mol. The maximum Gasteiger partial charge on any atom is 0.320 e. The molecule has 31 heavy (non-hydrogen) atoms. The Morgan fingerprint density at radius 3 is 1.26 bits per heavy atom. The van der Waals surface area contributed by atoms with Crippen molar-refractivity contribution in [1.29, 1.82) is 0 Å². The Bertz CT molecular complexity index is 1040. The third-order valence-corrected chi connectivity index (χ3v) is 4.65. The quantitative estimate of drug-likeness (QED) is 0.400. The predicted octanol–water partition coefficient (Wildman–Crippen LogP) is 0.526. The van der Waals surface area contributed by atoms with Gasteiger partial charge in [-0.05, 0) is 41.8 Å². The Balaban J connectivity index is 1.86. The highest BCUT2D eigenvalue weighted by atomic mass is 32.2. The van der Waals surface area contributed by atoms with E-state index < -0.39 is 44.1 Å². The zero-order valence-electron chi connectivity index (χ0n) is 15.8. The van der Waals surface area contributed by atoms with Crippen molar-refractivity contribution in [2.75, 3.05) is 22.4 Å². The van der Waals surface area contributed by atoms with Crippen LogP contribution >= 0.6 is 0 Å². The van der Waals surface area contributed by atoms with E-state index in [9.17, 15) is 35.5 Å². The molecule has 0 heterocycles. The highest BCUT2D eigenvalue weighted by Gasteiger charge is 2.05. The number of carbonyl (C=O) groups is 2. The summed E-state index contributed by atoms with van der Waals surface area (Å²) >= 11 is 0. The van der Waals surface area contributed by atoms with Crippen molar-refractivity contribution in [3.05, 3.63) is 59.7 Å². The summed E-state index contributed by atoms with van der Waals surface area (Å²) in [5.41, 5.74) is 2.59. The lowest BCUT2D eigenvalue weighted by molar-refractivity contribution is 0.252. The van der Waals surface area contributed by atoms with E-state index in [1.807, 2.05) is 10.6 Å². The van der Waals surface area contributed by atoms with Crippen molar-refractivity contribution in [3.8, 4) is 0 Å². The number of benzene rings is 2. The molecule has 0 atom stereocenters. The first-order chi connectivity index (χ1) is 14.4. The van der Waals surface area contributed by atoms with Gasteiger partial charge in [0.15, 0.2) is 0 Å². The van der Waals surface area contributed by atoms with Gasteiger partial charge in [-0.25, -0.2) is 26.4 Å². The van der Waals surface area contributed by atoms with Crippen molar-refractivity contribution in [2.45, 2.75) is 6.42 Å². The molecule has 0 fully saturated rings. The molecule has 2 aromatic carbocycles. The minimum absolute atomic E-state index is 0.398. The Kier molecular flexibility index (Phi) is 7.93. The zero-order chi connectivity index (χ0) is 23.1. The molecule has 2 aromatic rings. The van der Waals surface area contributed by atoms with Crippen molar-refractivity contribution in [2.24, 2.45) is 0 Å². The monoisotopic (exact) mass is 470 g/mol. The molecule has 0 unspecified atom stereocenters. The topological polar surface area (TPSA) is 197 Å². The van der Waals surface area contributed by atoms with Gasteiger partial charge < -0.3 is 30.4 Å². The number of urea groups is 2. The van der Waals surface area contributed by atoms with Crippen molar-refractivity contribution in [3.63, 3.8) is 0 Å². The van der Waals surface area contributed by atoms with E-state index in [2.05, 4.69) is 10.6 Å². The molecule has 0 saturated carbocycles. The van der Waals surface area contributed by atoms with Gasteiger partial charge in [0.05, 0.1) is 0 Å². The molecule has 4 N–H and O–H groups in total. The van der Waals surface area contributed by atoms with E-state index in [1.165, 1.54) is 0 Å². The molecule has 0 aliphatic carbocycles. The van der Waals surface area contributed by atoms with Crippen LogP contribution in [0.25, 0.3) is 0 Å². The number of hydrogen-bond donors (Lipinski definition) is 4. The highest BCUT2D eigenvalue weighted by Crippen LogP contribution is 2.16. The smallest absolute Gasteiger partial charge is 0.320 e. The molecule has 0 saturated heterocycles. The largest absolute Gasteiger partial charge is 0.747 e. The standard InChI is InChI=1S/C17H20N4O8S2/c22-16(18-10-30(24,25)26)20-14-5-1-12(2-6-14)9-13-3-7-15(8-4-13)21-17(23)19-11-31(27,28)29/h1-8H,9-11H2,(H2,18,20,22)(H2,19,21,23)(H,24,25,26)(H,27,28,29)/p-2. The highest BCUT2D eigenvalue weighted by molar-refractivity contribution is 7.85. The molecule has 12 nitrogen and oxygen atoms in total. The molecule has 0 aliphatic heterocycles. The summed E-state index contributed by atoms with van der Waals surface area (Å²) in [6.07, 6.45) is 0.530. The Labute approximate surface area is 178 Å². The second-order valence-corrected chi connectivity index (χ2v) is 9.04. The molecule has 0 aromatic heterocycles. The van der Waals surface area contributed by atoms with Gasteiger partial charge in [-0.1, -0.05) is 24.3 Å². The van der Waals surface area contributed by atoms with Gasteiger partial charge in [-0.15, -0.1) is 0 Å². The van der Waals surface area contributed by atoms with E-state index in [-0.39, 0.29) is 0 Å². The second-order valence-electron chi connectivity index (χ2n) is 6.24. The van der Waals surface area contributed by atoms with Gasteiger partial charge in [-0.3, -0.25) is 0 Å². The fourth-order valence-corrected chi connectivity index (χ4v) is 2.92.